The maximum Gasteiger partial charge on any atom is 0.332 e. The van der Waals surface area contributed by atoms with Crippen LogP contribution in [0.4, 0.5) is 0 Å². The first-order valence-corrected chi connectivity index (χ1v) is 7.71. The number of rotatable bonds is 1. The number of aromatic nitrogens is 2. The zero-order chi connectivity index (χ0) is 16.2. The van der Waals surface area contributed by atoms with E-state index in [0.717, 1.165) is 11.9 Å². The molecule has 2 saturated heterocycles. The second-order valence-electron chi connectivity index (χ2n) is 6.20. The molecule has 1 aromatic carbocycles. The highest BCUT2D eigenvalue weighted by molar-refractivity contribution is 6.01. The average molecular weight is 315 g/mol. The number of carbonyl (C=O) groups is 2. The van der Waals surface area contributed by atoms with Crippen molar-refractivity contribution in [3.63, 3.8) is 0 Å². The van der Waals surface area contributed by atoms with Crippen LogP contribution in [-0.4, -0.2) is 45.0 Å². The van der Waals surface area contributed by atoms with E-state index in [1.165, 1.54) is 4.57 Å². The summed E-state index contributed by atoms with van der Waals surface area (Å²) in [5.74, 6) is -0.481. The third-order valence-corrected chi connectivity index (χ3v) is 5.01. The molecule has 1 spiro atoms. The number of carbonyl (C=O) groups excluding carboxylic acids is 2. The number of aryl methyl sites for hydroxylation is 1. The largest absolute Gasteiger partial charge is 0.464 e. The van der Waals surface area contributed by atoms with Crippen LogP contribution in [-0.2, 0) is 16.6 Å². The predicted octanol–water partition coefficient (Wildman–Crippen LogP) is 0.788. The minimum Gasteiger partial charge on any atom is -0.464 e. The topological polar surface area (TPSA) is 84.4 Å². The number of H-pyrrole nitrogens is 1. The van der Waals surface area contributed by atoms with Gasteiger partial charge in [-0.05, 0) is 31.0 Å². The van der Waals surface area contributed by atoms with Crippen molar-refractivity contribution in [3.05, 3.63) is 34.2 Å². The van der Waals surface area contributed by atoms with E-state index in [1.54, 1.807) is 30.1 Å². The molecule has 2 aliphatic heterocycles. The van der Waals surface area contributed by atoms with E-state index in [0.29, 0.717) is 37.1 Å². The van der Waals surface area contributed by atoms with Crippen LogP contribution in [0.15, 0.2) is 23.0 Å². The number of fused-ring (bicyclic) bond motifs is 1. The average Bonchev–Trinajstić information content (AvgIpc) is 3.20. The van der Waals surface area contributed by atoms with Gasteiger partial charge in [-0.1, -0.05) is 0 Å². The highest BCUT2D eigenvalue weighted by Gasteiger charge is 2.53. The number of hydrogen-bond donors (Lipinski definition) is 1. The van der Waals surface area contributed by atoms with E-state index in [1.807, 2.05) is 0 Å². The minimum atomic E-state index is -0.795. The molecule has 1 N–H and O–H groups in total. The summed E-state index contributed by atoms with van der Waals surface area (Å²) in [6.07, 6.45) is 2.01. The third kappa shape index (κ3) is 1.85. The molecule has 4 rings (SSSR count). The van der Waals surface area contributed by atoms with Gasteiger partial charge in [0.05, 0.1) is 17.6 Å². The standard InChI is InChI=1S/C16H17N3O4/c1-18-12-4-3-10(9-11(12)17-15(18)22)13(20)19-7-2-5-16(19)6-8-23-14(16)21/h3-4,9H,2,5-8H2,1H3,(H,17,22)/t16-/m0/s1. The van der Waals surface area contributed by atoms with Crippen LogP contribution in [0.5, 0.6) is 0 Å². The van der Waals surface area contributed by atoms with Gasteiger partial charge < -0.3 is 14.6 Å². The minimum absolute atomic E-state index is 0.187. The number of imidazole rings is 1. The van der Waals surface area contributed by atoms with E-state index in [9.17, 15) is 14.4 Å². The fourth-order valence-electron chi connectivity index (χ4n) is 3.72. The van der Waals surface area contributed by atoms with E-state index < -0.39 is 5.54 Å². The molecule has 7 heteroatoms. The van der Waals surface area contributed by atoms with Crippen molar-refractivity contribution in [2.24, 2.45) is 7.05 Å². The second-order valence-corrected chi connectivity index (χ2v) is 6.20. The Morgan fingerprint density at radius 1 is 1.30 bits per heavy atom. The van der Waals surface area contributed by atoms with E-state index >= 15 is 0 Å². The monoisotopic (exact) mass is 315 g/mol. The van der Waals surface area contributed by atoms with E-state index in [2.05, 4.69) is 4.98 Å². The van der Waals surface area contributed by atoms with Crippen molar-refractivity contribution in [3.8, 4) is 0 Å². The summed E-state index contributed by atoms with van der Waals surface area (Å²) in [4.78, 5) is 41.1. The Morgan fingerprint density at radius 2 is 2.13 bits per heavy atom. The summed E-state index contributed by atoms with van der Waals surface area (Å²) in [5.41, 5.74) is 0.811. The molecule has 0 bridgehead atoms. The van der Waals surface area contributed by atoms with Gasteiger partial charge in [-0.3, -0.25) is 9.36 Å². The van der Waals surface area contributed by atoms with E-state index in [4.69, 9.17) is 4.74 Å². The van der Waals surface area contributed by atoms with Crippen LogP contribution < -0.4 is 5.69 Å². The van der Waals surface area contributed by atoms with Crippen LogP contribution in [0.25, 0.3) is 11.0 Å². The van der Waals surface area contributed by atoms with Gasteiger partial charge in [0.2, 0.25) is 0 Å². The molecule has 120 valence electrons. The summed E-state index contributed by atoms with van der Waals surface area (Å²) >= 11 is 0. The van der Waals surface area contributed by atoms with Gasteiger partial charge in [0, 0.05) is 25.6 Å². The van der Waals surface area contributed by atoms with Gasteiger partial charge in [-0.15, -0.1) is 0 Å². The molecule has 2 aromatic rings. The van der Waals surface area contributed by atoms with Gasteiger partial charge >= 0.3 is 11.7 Å². The lowest BCUT2D eigenvalue weighted by Crippen LogP contribution is -2.50. The Hall–Kier alpha value is -2.57. The zero-order valence-electron chi connectivity index (χ0n) is 12.8. The fourth-order valence-corrected chi connectivity index (χ4v) is 3.72. The molecular weight excluding hydrogens is 298 g/mol. The van der Waals surface area contributed by atoms with Gasteiger partial charge in [0.25, 0.3) is 5.91 Å². The number of nitrogens with one attached hydrogen (secondary N) is 1. The molecule has 0 aliphatic carbocycles. The van der Waals surface area contributed by atoms with Crippen molar-refractivity contribution in [2.45, 2.75) is 24.8 Å². The third-order valence-electron chi connectivity index (χ3n) is 5.01. The van der Waals surface area contributed by atoms with Crippen LogP contribution >= 0.6 is 0 Å². The second kappa shape index (κ2) is 4.71. The first kappa shape index (κ1) is 14.0. The molecule has 7 nitrogen and oxygen atoms in total. The number of hydrogen-bond acceptors (Lipinski definition) is 4. The Morgan fingerprint density at radius 3 is 2.87 bits per heavy atom. The predicted molar refractivity (Wildman–Crippen MR) is 82.1 cm³/mol. The Kier molecular flexibility index (Phi) is 2.88. The van der Waals surface area contributed by atoms with Gasteiger partial charge in [-0.25, -0.2) is 9.59 Å². The lowest BCUT2D eigenvalue weighted by atomic mass is 9.94. The number of amides is 1. The number of esters is 1. The van der Waals surface area contributed by atoms with E-state index in [-0.39, 0.29) is 17.6 Å². The quantitative estimate of drug-likeness (QED) is 0.789. The number of benzene rings is 1. The summed E-state index contributed by atoms with van der Waals surface area (Å²) in [6.45, 7) is 0.922. The number of likely N-dealkylation sites (tertiary alicyclic amines) is 1. The molecule has 0 unspecified atom stereocenters. The lowest BCUT2D eigenvalue weighted by Gasteiger charge is -2.31. The molecule has 3 heterocycles. The number of aromatic amines is 1. The molecule has 2 fully saturated rings. The fraction of sp³-hybridized carbons (Fsp3) is 0.438. The highest BCUT2D eigenvalue weighted by atomic mass is 16.5. The summed E-state index contributed by atoms with van der Waals surface area (Å²) in [5, 5.41) is 0. The van der Waals surface area contributed by atoms with Gasteiger partial charge in [-0.2, -0.15) is 0 Å². The highest BCUT2D eigenvalue weighted by Crippen LogP contribution is 2.38. The molecule has 0 saturated carbocycles. The summed E-state index contributed by atoms with van der Waals surface area (Å²) in [6, 6.07) is 5.12. The summed E-state index contributed by atoms with van der Waals surface area (Å²) < 4.78 is 6.61. The molecule has 0 radical (unpaired) electrons. The molecule has 2 aliphatic rings. The maximum atomic E-state index is 12.9. The number of cyclic esters (lactones) is 1. The van der Waals surface area contributed by atoms with Crippen LogP contribution in [0, 0.1) is 0 Å². The van der Waals surface area contributed by atoms with Crippen molar-refractivity contribution in [1.29, 1.82) is 0 Å². The first-order valence-electron chi connectivity index (χ1n) is 7.71. The van der Waals surface area contributed by atoms with Gasteiger partial charge in [0.1, 0.15) is 5.54 Å². The van der Waals surface area contributed by atoms with Crippen molar-refractivity contribution >= 4 is 22.9 Å². The first-order chi connectivity index (χ1) is 11.0. The van der Waals surface area contributed by atoms with Crippen LogP contribution in [0.1, 0.15) is 29.6 Å². The Labute approximate surface area is 131 Å². The van der Waals surface area contributed by atoms with Crippen molar-refractivity contribution < 1.29 is 14.3 Å². The van der Waals surface area contributed by atoms with Crippen LogP contribution in [0.2, 0.25) is 0 Å². The summed E-state index contributed by atoms with van der Waals surface area (Å²) in [7, 11) is 1.67. The Bertz CT molecular complexity index is 877. The van der Waals surface area contributed by atoms with Crippen LogP contribution in [0.3, 0.4) is 0 Å². The smallest absolute Gasteiger partial charge is 0.332 e. The molecule has 1 atom stereocenters. The van der Waals surface area contributed by atoms with Gasteiger partial charge in [0.15, 0.2) is 0 Å². The number of nitrogens with zero attached hydrogens (tertiary/aromatic N) is 2. The SMILES string of the molecule is Cn1c(=O)[nH]c2cc(C(=O)N3CCC[C@@]34CCOC4=O)ccc21. The maximum absolute atomic E-state index is 12.9. The normalized spacial score (nSPS) is 23.9. The molecule has 1 aromatic heterocycles. The molecule has 1 amide bonds. The number of ether oxygens (including phenoxy) is 1. The van der Waals surface area contributed by atoms with Crippen molar-refractivity contribution in [1.82, 2.24) is 14.5 Å². The zero-order valence-corrected chi connectivity index (χ0v) is 12.8. The lowest BCUT2D eigenvalue weighted by molar-refractivity contribution is -0.145. The van der Waals surface area contributed by atoms with Crippen molar-refractivity contribution in [2.75, 3.05) is 13.2 Å². The Balaban J connectivity index is 1.74. The molecular formula is C16H17N3O4. The molecule has 23 heavy (non-hydrogen) atoms.